The lowest BCUT2D eigenvalue weighted by atomic mass is 10.1. The Morgan fingerprint density at radius 3 is 3.00 bits per heavy atom. The van der Waals surface area contributed by atoms with E-state index in [1.165, 1.54) is 11.3 Å². The standard InChI is InChI=1S/C15H14ClN3O2S/c1-9-2-3-11(7-12(9)16)19-8-10(6-13(19)20)14(21)18-15-17-4-5-22-15/h2-5,7,10H,6,8H2,1H3,(H,17,18,21)/t10-/m0/s1. The van der Waals surface area contributed by atoms with Crippen LogP contribution in [0, 0.1) is 12.8 Å². The second-order valence-corrected chi connectivity index (χ2v) is 6.47. The molecule has 0 aliphatic carbocycles. The summed E-state index contributed by atoms with van der Waals surface area (Å²) >= 11 is 7.46. The number of halogens is 1. The lowest BCUT2D eigenvalue weighted by Crippen LogP contribution is -2.28. The summed E-state index contributed by atoms with van der Waals surface area (Å²) in [6, 6.07) is 5.48. The molecular formula is C15H14ClN3O2S. The molecule has 1 aromatic carbocycles. The number of carbonyl (C=O) groups excluding carboxylic acids is 2. The predicted octanol–water partition coefficient (Wildman–Crippen LogP) is 3.10. The molecule has 0 saturated carbocycles. The Hall–Kier alpha value is -1.92. The Kier molecular flexibility index (Phi) is 4.13. The van der Waals surface area contributed by atoms with Crippen molar-refractivity contribution < 1.29 is 9.59 Å². The van der Waals surface area contributed by atoms with E-state index in [1.807, 2.05) is 19.1 Å². The minimum absolute atomic E-state index is 0.0702. The van der Waals surface area contributed by atoms with Crippen molar-refractivity contribution in [2.24, 2.45) is 5.92 Å². The third-order valence-corrected chi connectivity index (χ3v) is 4.72. The lowest BCUT2D eigenvalue weighted by molar-refractivity contribution is -0.122. The zero-order valence-corrected chi connectivity index (χ0v) is 13.4. The highest BCUT2D eigenvalue weighted by Gasteiger charge is 2.35. The third kappa shape index (κ3) is 2.98. The van der Waals surface area contributed by atoms with E-state index in [4.69, 9.17) is 11.6 Å². The fraction of sp³-hybridized carbons (Fsp3) is 0.267. The molecule has 2 heterocycles. The fourth-order valence-electron chi connectivity index (χ4n) is 2.38. The number of hydrogen-bond acceptors (Lipinski definition) is 4. The summed E-state index contributed by atoms with van der Waals surface area (Å²) in [5, 5.41) is 5.69. The molecule has 1 aliphatic heterocycles. The van der Waals surface area contributed by atoms with Crippen LogP contribution in [0.1, 0.15) is 12.0 Å². The van der Waals surface area contributed by atoms with Crippen molar-refractivity contribution in [2.45, 2.75) is 13.3 Å². The van der Waals surface area contributed by atoms with Gasteiger partial charge in [-0.1, -0.05) is 17.7 Å². The predicted molar refractivity (Wildman–Crippen MR) is 87.4 cm³/mol. The molecule has 3 rings (SSSR count). The molecule has 0 bridgehead atoms. The van der Waals surface area contributed by atoms with Crippen molar-refractivity contribution in [3.63, 3.8) is 0 Å². The number of benzene rings is 1. The number of anilines is 2. The van der Waals surface area contributed by atoms with E-state index in [1.54, 1.807) is 22.5 Å². The van der Waals surface area contributed by atoms with Crippen molar-refractivity contribution in [3.05, 3.63) is 40.4 Å². The summed E-state index contributed by atoms with van der Waals surface area (Å²) in [6.07, 6.45) is 1.82. The SMILES string of the molecule is Cc1ccc(N2C[C@@H](C(=O)Nc3nccs3)CC2=O)cc1Cl. The van der Waals surface area contributed by atoms with Crippen LogP contribution in [0.5, 0.6) is 0 Å². The highest BCUT2D eigenvalue weighted by Crippen LogP contribution is 2.29. The van der Waals surface area contributed by atoms with E-state index in [9.17, 15) is 9.59 Å². The summed E-state index contributed by atoms with van der Waals surface area (Å²) < 4.78 is 0. The average molecular weight is 336 g/mol. The number of amides is 2. The summed E-state index contributed by atoms with van der Waals surface area (Å²) in [5.74, 6) is -0.625. The Morgan fingerprint density at radius 2 is 2.32 bits per heavy atom. The van der Waals surface area contributed by atoms with Crippen LogP contribution in [-0.2, 0) is 9.59 Å². The van der Waals surface area contributed by atoms with Crippen LogP contribution in [-0.4, -0.2) is 23.3 Å². The highest BCUT2D eigenvalue weighted by atomic mass is 35.5. The molecule has 1 N–H and O–H groups in total. The first-order valence-corrected chi connectivity index (χ1v) is 8.07. The van der Waals surface area contributed by atoms with Crippen LogP contribution >= 0.6 is 22.9 Å². The van der Waals surface area contributed by atoms with Crippen LogP contribution in [0.2, 0.25) is 5.02 Å². The summed E-state index contributed by atoms with van der Waals surface area (Å²) in [7, 11) is 0. The van der Waals surface area contributed by atoms with Gasteiger partial charge in [-0.2, -0.15) is 0 Å². The molecule has 0 radical (unpaired) electrons. The number of hydrogen-bond donors (Lipinski definition) is 1. The van der Waals surface area contributed by atoms with Gasteiger partial charge in [-0.3, -0.25) is 9.59 Å². The molecule has 114 valence electrons. The number of nitrogens with one attached hydrogen (secondary N) is 1. The lowest BCUT2D eigenvalue weighted by Gasteiger charge is -2.17. The van der Waals surface area contributed by atoms with Gasteiger partial charge in [0.1, 0.15) is 0 Å². The number of nitrogens with zero attached hydrogens (tertiary/aromatic N) is 2. The van der Waals surface area contributed by atoms with Crippen molar-refractivity contribution in [1.82, 2.24) is 4.98 Å². The third-order valence-electron chi connectivity index (χ3n) is 3.63. The topological polar surface area (TPSA) is 62.3 Å². The Balaban J connectivity index is 1.72. The quantitative estimate of drug-likeness (QED) is 0.937. The number of thiazole rings is 1. The molecule has 2 aromatic rings. The van der Waals surface area contributed by atoms with E-state index in [0.717, 1.165) is 11.3 Å². The molecule has 1 fully saturated rings. The number of rotatable bonds is 3. The molecule has 2 amide bonds. The maximum absolute atomic E-state index is 12.2. The molecule has 5 nitrogen and oxygen atoms in total. The normalized spacial score (nSPS) is 17.8. The fourth-order valence-corrected chi connectivity index (χ4v) is 3.08. The van der Waals surface area contributed by atoms with Crippen LogP contribution < -0.4 is 10.2 Å². The molecule has 0 spiro atoms. The first-order valence-electron chi connectivity index (χ1n) is 6.81. The zero-order chi connectivity index (χ0) is 15.7. The van der Waals surface area contributed by atoms with Gasteiger partial charge in [0.2, 0.25) is 11.8 Å². The van der Waals surface area contributed by atoms with Gasteiger partial charge >= 0.3 is 0 Å². The van der Waals surface area contributed by atoms with Crippen molar-refractivity contribution in [3.8, 4) is 0 Å². The second-order valence-electron chi connectivity index (χ2n) is 5.17. The van der Waals surface area contributed by atoms with Crippen molar-refractivity contribution in [1.29, 1.82) is 0 Å². The zero-order valence-electron chi connectivity index (χ0n) is 11.9. The molecule has 1 atom stereocenters. The molecular weight excluding hydrogens is 322 g/mol. The van der Waals surface area contributed by atoms with Crippen LogP contribution in [0.25, 0.3) is 0 Å². The van der Waals surface area contributed by atoms with E-state index in [0.29, 0.717) is 16.7 Å². The van der Waals surface area contributed by atoms with E-state index in [2.05, 4.69) is 10.3 Å². The van der Waals surface area contributed by atoms with Gasteiger partial charge in [0.05, 0.1) is 5.92 Å². The first-order chi connectivity index (χ1) is 10.5. The van der Waals surface area contributed by atoms with Crippen molar-refractivity contribution >= 4 is 45.6 Å². The smallest absolute Gasteiger partial charge is 0.231 e. The van der Waals surface area contributed by atoms with Gasteiger partial charge in [-0.05, 0) is 24.6 Å². The maximum atomic E-state index is 12.2. The Morgan fingerprint density at radius 1 is 1.50 bits per heavy atom. The Bertz CT molecular complexity index is 718. The first kappa shape index (κ1) is 15.0. The van der Waals surface area contributed by atoms with Gasteiger partial charge in [-0.15, -0.1) is 11.3 Å². The van der Waals surface area contributed by atoms with Crippen LogP contribution in [0.3, 0.4) is 0 Å². The molecule has 1 saturated heterocycles. The Labute approximate surface area is 136 Å². The second kappa shape index (κ2) is 6.06. The highest BCUT2D eigenvalue weighted by molar-refractivity contribution is 7.13. The van der Waals surface area contributed by atoms with Crippen LogP contribution in [0.15, 0.2) is 29.8 Å². The monoisotopic (exact) mass is 335 g/mol. The molecule has 0 unspecified atom stereocenters. The maximum Gasteiger partial charge on any atom is 0.231 e. The van der Waals surface area contributed by atoms with Crippen LogP contribution in [0.4, 0.5) is 10.8 Å². The number of carbonyl (C=O) groups is 2. The minimum atomic E-state index is -0.378. The minimum Gasteiger partial charge on any atom is -0.312 e. The van der Waals surface area contributed by atoms with E-state index in [-0.39, 0.29) is 24.2 Å². The number of aromatic nitrogens is 1. The molecule has 22 heavy (non-hydrogen) atoms. The van der Waals surface area contributed by atoms with E-state index < -0.39 is 0 Å². The van der Waals surface area contributed by atoms with Gasteiger partial charge < -0.3 is 10.2 Å². The molecule has 1 aliphatic rings. The number of aryl methyl sites for hydroxylation is 1. The van der Waals surface area contributed by atoms with Gasteiger partial charge in [0.25, 0.3) is 0 Å². The molecule has 1 aromatic heterocycles. The van der Waals surface area contributed by atoms with Gasteiger partial charge in [-0.25, -0.2) is 4.98 Å². The van der Waals surface area contributed by atoms with E-state index >= 15 is 0 Å². The molecule has 7 heteroatoms. The largest absolute Gasteiger partial charge is 0.312 e. The summed E-state index contributed by atoms with van der Waals surface area (Å²) in [6.45, 7) is 2.26. The van der Waals surface area contributed by atoms with Gasteiger partial charge in [0, 0.05) is 35.3 Å². The average Bonchev–Trinajstić information content (AvgIpc) is 3.11. The summed E-state index contributed by atoms with van der Waals surface area (Å²) in [4.78, 5) is 30.0. The summed E-state index contributed by atoms with van der Waals surface area (Å²) in [5.41, 5.74) is 1.68. The van der Waals surface area contributed by atoms with Crippen molar-refractivity contribution in [2.75, 3.05) is 16.8 Å². The van der Waals surface area contributed by atoms with Gasteiger partial charge in [0.15, 0.2) is 5.13 Å².